The summed E-state index contributed by atoms with van der Waals surface area (Å²) in [4.78, 5) is 6.56. The van der Waals surface area contributed by atoms with Gasteiger partial charge in [-0.05, 0) is 25.1 Å². The molecule has 0 spiro atoms. The monoisotopic (exact) mass is 238 g/mol. The van der Waals surface area contributed by atoms with Crippen molar-refractivity contribution in [2.45, 2.75) is 26.3 Å². The van der Waals surface area contributed by atoms with Crippen molar-refractivity contribution >= 4 is 5.82 Å². The fourth-order valence-corrected chi connectivity index (χ4v) is 1.67. The van der Waals surface area contributed by atoms with Crippen molar-refractivity contribution in [1.29, 1.82) is 0 Å². The minimum atomic E-state index is 0.179. The number of hydrogen-bond acceptors (Lipinski definition) is 5. The Morgan fingerprint density at radius 2 is 2.24 bits per heavy atom. The summed E-state index contributed by atoms with van der Waals surface area (Å²) in [6.07, 6.45) is 2.29. The van der Waals surface area contributed by atoms with Crippen molar-refractivity contribution in [1.82, 2.24) is 9.88 Å². The first-order valence-corrected chi connectivity index (χ1v) is 6.06. The van der Waals surface area contributed by atoms with E-state index in [2.05, 4.69) is 22.2 Å². The lowest BCUT2D eigenvalue weighted by Gasteiger charge is -2.20. The Bertz CT molecular complexity index is 319. The highest BCUT2D eigenvalue weighted by atomic mass is 16.3. The maximum Gasteiger partial charge on any atom is 0.140 e. The van der Waals surface area contributed by atoms with E-state index in [1.54, 1.807) is 0 Å². The zero-order chi connectivity index (χ0) is 12.5. The molecule has 4 N–H and O–H groups in total. The Hall–Kier alpha value is -1.17. The topological polar surface area (TPSA) is 74.4 Å². The normalized spacial score (nSPS) is 10.8. The van der Waals surface area contributed by atoms with Crippen LogP contribution in [0.25, 0.3) is 0 Å². The van der Waals surface area contributed by atoms with E-state index in [4.69, 9.17) is 10.9 Å². The van der Waals surface area contributed by atoms with Gasteiger partial charge in [-0.3, -0.25) is 4.90 Å². The Kier molecular flexibility index (Phi) is 6.54. The first kappa shape index (κ1) is 13.9. The molecule has 1 aromatic rings. The summed E-state index contributed by atoms with van der Waals surface area (Å²) in [6.45, 7) is 4.75. The largest absolute Gasteiger partial charge is 0.395 e. The summed E-state index contributed by atoms with van der Waals surface area (Å²) in [5, 5.41) is 9.02. The van der Waals surface area contributed by atoms with Gasteiger partial charge in [-0.25, -0.2) is 10.8 Å². The van der Waals surface area contributed by atoms with Gasteiger partial charge in [0.15, 0.2) is 0 Å². The molecule has 5 nitrogen and oxygen atoms in total. The van der Waals surface area contributed by atoms with Gasteiger partial charge in [0.2, 0.25) is 0 Å². The maximum atomic E-state index is 9.02. The van der Waals surface area contributed by atoms with Gasteiger partial charge in [-0.1, -0.05) is 19.4 Å². The summed E-state index contributed by atoms with van der Waals surface area (Å²) >= 11 is 0. The molecule has 0 amide bonds. The first-order chi connectivity index (χ1) is 8.30. The Morgan fingerprint density at radius 1 is 1.41 bits per heavy atom. The second-order valence-corrected chi connectivity index (χ2v) is 4.01. The fourth-order valence-electron chi connectivity index (χ4n) is 1.67. The fraction of sp³-hybridized carbons (Fsp3) is 0.583. The van der Waals surface area contributed by atoms with Crippen LogP contribution in [0.2, 0.25) is 0 Å². The highest BCUT2D eigenvalue weighted by molar-refractivity contribution is 5.33. The number of anilines is 1. The zero-order valence-electron chi connectivity index (χ0n) is 10.4. The zero-order valence-corrected chi connectivity index (χ0v) is 10.4. The van der Waals surface area contributed by atoms with E-state index in [0.29, 0.717) is 12.4 Å². The molecule has 0 radical (unpaired) electrons. The number of nitrogens with one attached hydrogen (secondary N) is 1. The summed E-state index contributed by atoms with van der Waals surface area (Å²) in [5.41, 5.74) is 3.50. The number of aliphatic hydroxyl groups excluding tert-OH is 1. The van der Waals surface area contributed by atoms with E-state index in [1.807, 2.05) is 18.2 Å². The summed E-state index contributed by atoms with van der Waals surface area (Å²) in [7, 11) is 0. The van der Waals surface area contributed by atoms with Crippen molar-refractivity contribution in [2.75, 3.05) is 25.1 Å². The number of unbranched alkanes of at least 4 members (excludes halogenated alkanes) is 1. The molecule has 0 aromatic carbocycles. The molecule has 1 rings (SSSR count). The smallest absolute Gasteiger partial charge is 0.140 e. The van der Waals surface area contributed by atoms with Crippen molar-refractivity contribution in [3.05, 3.63) is 23.9 Å². The molecule has 0 unspecified atom stereocenters. The Morgan fingerprint density at radius 3 is 2.88 bits per heavy atom. The van der Waals surface area contributed by atoms with E-state index < -0.39 is 0 Å². The van der Waals surface area contributed by atoms with E-state index in [0.717, 1.165) is 31.6 Å². The quantitative estimate of drug-likeness (QED) is 0.465. The number of nitrogens with two attached hydrogens (primary N) is 1. The third-order valence-corrected chi connectivity index (χ3v) is 2.58. The molecular weight excluding hydrogens is 216 g/mol. The summed E-state index contributed by atoms with van der Waals surface area (Å²) < 4.78 is 0. The van der Waals surface area contributed by atoms with Gasteiger partial charge < -0.3 is 10.5 Å². The number of hydrogen-bond donors (Lipinski definition) is 3. The molecule has 0 atom stereocenters. The number of nitrogens with zero attached hydrogens (tertiary/aromatic N) is 2. The first-order valence-electron chi connectivity index (χ1n) is 6.06. The van der Waals surface area contributed by atoms with Crippen LogP contribution in [0, 0.1) is 0 Å². The van der Waals surface area contributed by atoms with E-state index in [1.165, 1.54) is 0 Å². The number of rotatable bonds is 8. The lowest BCUT2D eigenvalue weighted by Crippen LogP contribution is -2.28. The van der Waals surface area contributed by atoms with Crippen LogP contribution >= 0.6 is 0 Å². The van der Waals surface area contributed by atoms with Crippen LogP contribution in [0.4, 0.5) is 5.82 Å². The minimum Gasteiger partial charge on any atom is -0.395 e. The van der Waals surface area contributed by atoms with Gasteiger partial charge in [0.25, 0.3) is 0 Å². The molecular formula is C12H22N4O. The van der Waals surface area contributed by atoms with Crippen molar-refractivity contribution in [2.24, 2.45) is 5.84 Å². The molecule has 0 aliphatic rings. The second-order valence-electron chi connectivity index (χ2n) is 4.01. The molecule has 0 aliphatic heterocycles. The number of aromatic nitrogens is 1. The number of nitrogen functional groups attached to an aromatic ring is 1. The number of pyridine rings is 1. The maximum absolute atomic E-state index is 9.02. The van der Waals surface area contributed by atoms with Gasteiger partial charge in [-0.15, -0.1) is 0 Å². The van der Waals surface area contributed by atoms with Crippen LogP contribution in [-0.4, -0.2) is 34.7 Å². The van der Waals surface area contributed by atoms with Gasteiger partial charge in [0.1, 0.15) is 5.82 Å². The predicted octanol–water partition coefficient (Wildman–Crippen LogP) is 0.962. The number of aliphatic hydroxyl groups is 1. The second kappa shape index (κ2) is 8.00. The molecule has 5 heteroatoms. The van der Waals surface area contributed by atoms with Crippen LogP contribution in [0.3, 0.4) is 0 Å². The standard InChI is InChI=1S/C12H22N4O/c1-2-3-7-16(8-9-17)10-11-5-4-6-12(14-11)15-13/h4-6,17H,2-3,7-10,13H2,1H3,(H,14,15). The summed E-state index contributed by atoms with van der Waals surface area (Å²) in [6, 6.07) is 5.72. The van der Waals surface area contributed by atoms with E-state index in [-0.39, 0.29) is 6.61 Å². The molecule has 1 aromatic heterocycles. The van der Waals surface area contributed by atoms with Gasteiger partial charge in [0, 0.05) is 13.1 Å². The number of hydrazine groups is 1. The van der Waals surface area contributed by atoms with Crippen molar-refractivity contribution in [3.63, 3.8) is 0 Å². The Balaban J connectivity index is 2.57. The van der Waals surface area contributed by atoms with Gasteiger partial charge >= 0.3 is 0 Å². The van der Waals surface area contributed by atoms with Crippen LogP contribution in [0.5, 0.6) is 0 Å². The van der Waals surface area contributed by atoms with E-state index in [9.17, 15) is 0 Å². The molecule has 0 saturated carbocycles. The van der Waals surface area contributed by atoms with Crippen LogP contribution in [0.1, 0.15) is 25.5 Å². The molecule has 1 heterocycles. The molecule has 0 fully saturated rings. The SMILES string of the molecule is CCCCN(CCO)Cc1cccc(NN)n1. The highest BCUT2D eigenvalue weighted by Crippen LogP contribution is 2.07. The van der Waals surface area contributed by atoms with E-state index >= 15 is 0 Å². The van der Waals surface area contributed by atoms with Gasteiger partial charge in [-0.2, -0.15) is 0 Å². The third-order valence-electron chi connectivity index (χ3n) is 2.58. The Labute approximate surface area is 103 Å². The van der Waals surface area contributed by atoms with Gasteiger partial charge in [0.05, 0.1) is 12.3 Å². The molecule has 0 aliphatic carbocycles. The molecule has 0 bridgehead atoms. The molecule has 0 saturated heterocycles. The lowest BCUT2D eigenvalue weighted by molar-refractivity contribution is 0.187. The van der Waals surface area contributed by atoms with Crippen LogP contribution < -0.4 is 11.3 Å². The van der Waals surface area contributed by atoms with Crippen LogP contribution in [0.15, 0.2) is 18.2 Å². The third kappa shape index (κ3) is 5.12. The molecule has 17 heavy (non-hydrogen) atoms. The minimum absolute atomic E-state index is 0.179. The van der Waals surface area contributed by atoms with Crippen LogP contribution in [-0.2, 0) is 6.54 Å². The predicted molar refractivity (Wildman–Crippen MR) is 69.3 cm³/mol. The summed E-state index contributed by atoms with van der Waals surface area (Å²) in [5.74, 6) is 5.99. The highest BCUT2D eigenvalue weighted by Gasteiger charge is 2.06. The average Bonchev–Trinajstić information content (AvgIpc) is 2.36. The molecule has 96 valence electrons. The van der Waals surface area contributed by atoms with Crippen molar-refractivity contribution < 1.29 is 5.11 Å². The lowest BCUT2D eigenvalue weighted by atomic mass is 10.2. The van der Waals surface area contributed by atoms with Crippen molar-refractivity contribution in [3.8, 4) is 0 Å². The average molecular weight is 238 g/mol.